The number of sulfonamides is 1. The third-order valence-electron chi connectivity index (χ3n) is 4.92. The maximum absolute atomic E-state index is 13.4. The summed E-state index contributed by atoms with van der Waals surface area (Å²) in [7, 11) is -3.50. The number of carbonyl (C=O) groups is 1. The molecule has 0 N–H and O–H groups in total. The first-order valence-electron chi connectivity index (χ1n) is 10.3. The Morgan fingerprint density at radius 2 is 1.65 bits per heavy atom. The normalized spacial score (nSPS) is 15.5. The van der Waals surface area contributed by atoms with Crippen molar-refractivity contribution in [2.75, 3.05) is 26.3 Å². The van der Waals surface area contributed by atoms with E-state index in [1.165, 1.54) is 18.2 Å². The summed E-state index contributed by atoms with van der Waals surface area (Å²) < 4.78 is 50.8. The molecule has 0 radical (unpaired) electrons. The van der Waals surface area contributed by atoms with E-state index in [2.05, 4.69) is 0 Å². The molecule has 2 aromatic rings. The van der Waals surface area contributed by atoms with Crippen LogP contribution < -0.4 is 4.74 Å². The first-order valence-corrected chi connectivity index (χ1v) is 11.7. The summed E-state index contributed by atoms with van der Waals surface area (Å²) in [6.07, 6.45) is 6.67. The molecule has 1 saturated heterocycles. The Kier molecular flexibility index (Phi) is 8.20. The van der Waals surface area contributed by atoms with Crippen molar-refractivity contribution in [1.29, 1.82) is 0 Å². The number of hydrogen-bond donors (Lipinski definition) is 0. The number of benzene rings is 2. The van der Waals surface area contributed by atoms with Gasteiger partial charge in [-0.1, -0.05) is 37.1 Å². The van der Waals surface area contributed by atoms with E-state index < -0.39 is 21.8 Å². The largest absolute Gasteiger partial charge is 0.487 e. The zero-order valence-electron chi connectivity index (χ0n) is 17.2. The van der Waals surface area contributed by atoms with Gasteiger partial charge in [0.25, 0.3) is 0 Å². The van der Waals surface area contributed by atoms with Crippen molar-refractivity contribution in [3.8, 4) is 5.75 Å². The second-order valence-corrected chi connectivity index (χ2v) is 9.10. The number of carbonyl (C=O) groups excluding carboxylic acids is 1. The average molecular weight is 448 g/mol. The first kappa shape index (κ1) is 23.0. The first-order chi connectivity index (χ1) is 15.0. The fourth-order valence-electron chi connectivity index (χ4n) is 3.25. The molecular weight excluding hydrogens is 421 g/mol. The van der Waals surface area contributed by atoms with Crippen molar-refractivity contribution >= 4 is 22.1 Å². The fraction of sp³-hybridized carbons (Fsp3) is 0.348. The van der Waals surface area contributed by atoms with Gasteiger partial charge in [0.15, 0.2) is 11.6 Å². The van der Waals surface area contributed by atoms with E-state index in [-0.39, 0.29) is 23.9 Å². The van der Waals surface area contributed by atoms with Gasteiger partial charge < -0.3 is 9.47 Å². The van der Waals surface area contributed by atoms with Gasteiger partial charge in [-0.2, -0.15) is 4.31 Å². The van der Waals surface area contributed by atoms with Crippen LogP contribution in [0.15, 0.2) is 59.5 Å². The molecule has 166 valence electrons. The molecule has 0 amide bonds. The molecule has 1 aliphatic heterocycles. The lowest BCUT2D eigenvalue weighted by Crippen LogP contribution is -2.31. The standard InChI is InChI=1S/C23H26FNO5S/c24-21-7-3-4-8-22(21)29-17-18-30-23(26)14-11-19-9-12-20(13-10-19)31(27,28)25-15-5-1-2-6-16-25/h3-4,7-14H,1-2,5-6,15-18H2. The number of para-hydroxylation sites is 1. The third kappa shape index (κ3) is 6.63. The molecule has 1 fully saturated rings. The highest BCUT2D eigenvalue weighted by Crippen LogP contribution is 2.21. The molecule has 1 heterocycles. The summed E-state index contributed by atoms with van der Waals surface area (Å²) in [5.41, 5.74) is 0.675. The maximum Gasteiger partial charge on any atom is 0.330 e. The van der Waals surface area contributed by atoms with E-state index in [9.17, 15) is 17.6 Å². The molecule has 1 aliphatic rings. The Bertz CT molecular complexity index is 997. The van der Waals surface area contributed by atoms with Crippen molar-refractivity contribution in [1.82, 2.24) is 4.31 Å². The SMILES string of the molecule is O=C(C=Cc1ccc(S(=O)(=O)N2CCCCCC2)cc1)OCCOc1ccccc1F. The van der Waals surface area contributed by atoms with Gasteiger partial charge in [0.2, 0.25) is 10.0 Å². The molecule has 0 aromatic heterocycles. The molecule has 0 spiro atoms. The minimum absolute atomic E-state index is 0.0233. The molecule has 0 bridgehead atoms. The van der Waals surface area contributed by atoms with Crippen LogP contribution in [0.5, 0.6) is 5.75 Å². The number of hydrogen-bond acceptors (Lipinski definition) is 5. The van der Waals surface area contributed by atoms with E-state index in [1.807, 2.05) is 0 Å². The highest BCUT2D eigenvalue weighted by Gasteiger charge is 2.24. The number of rotatable bonds is 8. The Morgan fingerprint density at radius 1 is 0.968 bits per heavy atom. The lowest BCUT2D eigenvalue weighted by Gasteiger charge is -2.19. The topological polar surface area (TPSA) is 72.9 Å². The number of halogens is 1. The molecule has 8 heteroatoms. The van der Waals surface area contributed by atoms with Crippen LogP contribution >= 0.6 is 0 Å². The average Bonchev–Trinajstić information content (AvgIpc) is 3.07. The van der Waals surface area contributed by atoms with Gasteiger partial charge >= 0.3 is 5.97 Å². The Morgan fingerprint density at radius 3 is 2.32 bits per heavy atom. The lowest BCUT2D eigenvalue weighted by molar-refractivity contribution is -0.138. The van der Waals surface area contributed by atoms with Gasteiger partial charge in [-0.15, -0.1) is 0 Å². The Labute approximate surface area is 182 Å². The van der Waals surface area contributed by atoms with Crippen LogP contribution in [0.3, 0.4) is 0 Å². The highest BCUT2D eigenvalue weighted by molar-refractivity contribution is 7.89. The van der Waals surface area contributed by atoms with Gasteiger partial charge in [-0.3, -0.25) is 0 Å². The highest BCUT2D eigenvalue weighted by atomic mass is 32.2. The van der Waals surface area contributed by atoms with Crippen LogP contribution in [0.1, 0.15) is 31.2 Å². The molecule has 0 aliphatic carbocycles. The van der Waals surface area contributed by atoms with Crippen molar-refractivity contribution in [2.24, 2.45) is 0 Å². The van der Waals surface area contributed by atoms with Crippen molar-refractivity contribution in [2.45, 2.75) is 30.6 Å². The summed E-state index contributed by atoms with van der Waals surface area (Å²) in [4.78, 5) is 12.1. The predicted octanol–water partition coefficient (Wildman–Crippen LogP) is 4.03. The molecule has 6 nitrogen and oxygen atoms in total. The van der Waals surface area contributed by atoms with Crippen molar-refractivity contribution in [3.05, 3.63) is 66.0 Å². The number of ether oxygens (including phenoxy) is 2. The van der Waals surface area contributed by atoms with Gasteiger partial charge in [0.1, 0.15) is 13.2 Å². The molecular formula is C23H26FNO5S. The lowest BCUT2D eigenvalue weighted by atomic mass is 10.2. The van der Waals surface area contributed by atoms with Crippen LogP contribution in [0.4, 0.5) is 4.39 Å². The van der Waals surface area contributed by atoms with Crippen LogP contribution in [-0.4, -0.2) is 45.0 Å². The zero-order valence-corrected chi connectivity index (χ0v) is 18.0. The van der Waals surface area contributed by atoms with Gasteiger partial charge in [-0.25, -0.2) is 17.6 Å². The van der Waals surface area contributed by atoms with Gasteiger partial charge in [0, 0.05) is 19.2 Å². The molecule has 31 heavy (non-hydrogen) atoms. The van der Waals surface area contributed by atoms with Crippen LogP contribution in [0.2, 0.25) is 0 Å². The van der Waals surface area contributed by atoms with E-state index in [0.717, 1.165) is 25.7 Å². The zero-order chi connectivity index (χ0) is 22.1. The summed E-state index contributed by atoms with van der Waals surface area (Å²) in [5.74, 6) is -0.947. The summed E-state index contributed by atoms with van der Waals surface area (Å²) >= 11 is 0. The number of nitrogens with zero attached hydrogens (tertiary/aromatic N) is 1. The smallest absolute Gasteiger partial charge is 0.330 e. The minimum atomic E-state index is -3.50. The molecule has 3 rings (SSSR count). The van der Waals surface area contributed by atoms with Crippen LogP contribution in [0.25, 0.3) is 6.08 Å². The van der Waals surface area contributed by atoms with Gasteiger partial charge in [-0.05, 0) is 48.7 Å². The Hall–Kier alpha value is -2.71. The van der Waals surface area contributed by atoms with Crippen LogP contribution in [-0.2, 0) is 19.6 Å². The van der Waals surface area contributed by atoms with Crippen molar-refractivity contribution < 1.29 is 27.1 Å². The minimum Gasteiger partial charge on any atom is -0.487 e. The van der Waals surface area contributed by atoms with E-state index >= 15 is 0 Å². The summed E-state index contributed by atoms with van der Waals surface area (Å²) in [6.45, 7) is 1.11. The van der Waals surface area contributed by atoms with Crippen molar-refractivity contribution in [3.63, 3.8) is 0 Å². The molecule has 0 saturated carbocycles. The Balaban J connectivity index is 1.48. The molecule has 0 unspecified atom stereocenters. The summed E-state index contributed by atoms with van der Waals surface area (Å²) in [6, 6.07) is 12.4. The second kappa shape index (κ2) is 11.1. The van der Waals surface area contributed by atoms with E-state index in [0.29, 0.717) is 18.7 Å². The molecule has 0 atom stereocenters. The second-order valence-electron chi connectivity index (χ2n) is 7.17. The van der Waals surface area contributed by atoms with Crippen LogP contribution in [0, 0.1) is 5.82 Å². The maximum atomic E-state index is 13.4. The van der Waals surface area contributed by atoms with E-state index in [4.69, 9.17) is 9.47 Å². The quantitative estimate of drug-likeness (QED) is 0.347. The van der Waals surface area contributed by atoms with E-state index in [1.54, 1.807) is 46.8 Å². The summed E-state index contributed by atoms with van der Waals surface area (Å²) in [5, 5.41) is 0. The fourth-order valence-corrected chi connectivity index (χ4v) is 4.77. The monoisotopic (exact) mass is 447 g/mol. The third-order valence-corrected chi connectivity index (χ3v) is 6.83. The molecule has 2 aromatic carbocycles. The predicted molar refractivity (Wildman–Crippen MR) is 116 cm³/mol. The van der Waals surface area contributed by atoms with Gasteiger partial charge in [0.05, 0.1) is 4.90 Å². The number of esters is 1.